The summed E-state index contributed by atoms with van der Waals surface area (Å²) in [5, 5.41) is 0.865. The summed E-state index contributed by atoms with van der Waals surface area (Å²) in [6, 6.07) is 2.68. The Kier molecular flexibility index (Phi) is 5.17. The van der Waals surface area contributed by atoms with Crippen molar-refractivity contribution in [2.45, 2.75) is 16.0 Å². The van der Waals surface area contributed by atoms with Crippen molar-refractivity contribution in [2.24, 2.45) is 0 Å². The van der Waals surface area contributed by atoms with Crippen LogP contribution in [0.15, 0.2) is 35.7 Å². The van der Waals surface area contributed by atoms with Crippen molar-refractivity contribution in [3.05, 3.63) is 41.3 Å². The lowest BCUT2D eigenvalue weighted by molar-refractivity contribution is -0.137. The number of benzene rings is 1. The highest BCUT2D eigenvalue weighted by Gasteiger charge is 2.41. The zero-order valence-corrected chi connectivity index (χ0v) is 14.7. The van der Waals surface area contributed by atoms with Gasteiger partial charge in [-0.05, 0) is 24.3 Å². The van der Waals surface area contributed by atoms with E-state index in [-0.39, 0.29) is 5.69 Å². The molecule has 0 radical (unpaired) electrons. The summed E-state index contributed by atoms with van der Waals surface area (Å²) in [6.45, 7) is 0. The molecule has 24 heavy (non-hydrogen) atoms. The Morgan fingerprint density at radius 3 is 2.29 bits per heavy atom. The summed E-state index contributed by atoms with van der Waals surface area (Å²) >= 11 is 16.7. The fourth-order valence-corrected chi connectivity index (χ4v) is 3.69. The van der Waals surface area contributed by atoms with E-state index in [1.807, 2.05) is 0 Å². The highest BCUT2D eigenvalue weighted by molar-refractivity contribution is 7.94. The van der Waals surface area contributed by atoms with E-state index < -0.39 is 43.1 Å². The van der Waals surface area contributed by atoms with Gasteiger partial charge in [0, 0.05) is 11.1 Å². The molecule has 1 unspecified atom stereocenters. The monoisotopic (exact) mass is 421 g/mol. The number of nitrogens with zero attached hydrogens (tertiary/aromatic N) is 1. The molecule has 1 amide bonds. The van der Waals surface area contributed by atoms with E-state index in [0.29, 0.717) is 6.07 Å². The van der Waals surface area contributed by atoms with E-state index in [2.05, 4.69) is 0 Å². The molecule has 0 aromatic heterocycles. The van der Waals surface area contributed by atoms with Gasteiger partial charge in [0.25, 0.3) is 9.70 Å². The number of hydrogen-bond donors (Lipinski definition) is 0. The minimum atomic E-state index is -4.65. The highest BCUT2D eigenvalue weighted by atomic mass is 35.6. The molecule has 2 rings (SSSR count). The Morgan fingerprint density at radius 1 is 1.21 bits per heavy atom. The van der Waals surface area contributed by atoms with Gasteiger partial charge in [0.2, 0.25) is 0 Å². The van der Waals surface area contributed by atoms with Crippen LogP contribution in [-0.2, 0) is 20.8 Å². The van der Waals surface area contributed by atoms with E-state index in [1.165, 1.54) is 6.07 Å². The van der Waals surface area contributed by atoms with Crippen LogP contribution >= 0.6 is 34.8 Å². The number of rotatable bonds is 2. The van der Waals surface area contributed by atoms with Crippen LogP contribution in [0.2, 0.25) is 0 Å². The van der Waals surface area contributed by atoms with Crippen LogP contribution in [0.25, 0.3) is 0 Å². The largest absolute Gasteiger partial charge is 0.416 e. The van der Waals surface area contributed by atoms with Crippen LogP contribution in [0, 0.1) is 0 Å². The first-order chi connectivity index (χ1) is 10.8. The lowest BCUT2D eigenvalue weighted by atomic mass is 10.1. The highest BCUT2D eigenvalue weighted by Crippen LogP contribution is 2.36. The predicted octanol–water partition coefficient (Wildman–Crippen LogP) is 3.72. The first kappa shape index (κ1) is 19.4. The van der Waals surface area contributed by atoms with Crippen LogP contribution in [-0.4, -0.2) is 29.9 Å². The maximum Gasteiger partial charge on any atom is 0.416 e. The summed E-state index contributed by atoms with van der Waals surface area (Å²) in [4.78, 5) is 13.1. The zero-order valence-electron chi connectivity index (χ0n) is 11.6. The number of alkyl halides is 6. The molecule has 11 heteroatoms. The number of amides is 1. The molecule has 4 nitrogen and oxygen atoms in total. The van der Waals surface area contributed by atoms with Crippen molar-refractivity contribution >= 4 is 56.2 Å². The minimum absolute atomic E-state index is 0.229. The number of hydrogen-bond acceptors (Lipinski definition) is 3. The molecule has 1 aliphatic rings. The molecule has 1 aromatic rings. The average molecular weight is 423 g/mol. The molecule has 0 fully saturated rings. The Morgan fingerprint density at radius 2 is 1.83 bits per heavy atom. The number of halogens is 6. The molecule has 0 aliphatic carbocycles. The number of sulfone groups is 1. The Bertz CT molecular complexity index is 788. The van der Waals surface area contributed by atoms with Gasteiger partial charge in [-0.1, -0.05) is 40.9 Å². The summed E-state index contributed by atoms with van der Waals surface area (Å²) in [5.74, 6) is -1.67. The number of carbonyl (C=O) groups is 1. The summed E-state index contributed by atoms with van der Waals surface area (Å²) in [5.41, 5.74) is -1.25. The van der Waals surface area contributed by atoms with Crippen LogP contribution in [0.4, 0.5) is 18.9 Å². The molecule has 1 atom stereocenters. The maximum atomic E-state index is 12.9. The van der Waals surface area contributed by atoms with Crippen LogP contribution < -0.4 is 4.90 Å². The second kappa shape index (κ2) is 6.40. The SMILES string of the molecule is O=C(N(c1cccc(C(F)(F)F)c1)C1C=CS(=O)(=O)C1)C(Cl)(Cl)Cl. The molecule has 0 bridgehead atoms. The molecule has 0 spiro atoms. The molecular formula is C13H9Cl3F3NO3S. The van der Waals surface area contributed by atoms with E-state index in [9.17, 15) is 26.4 Å². The number of carbonyl (C=O) groups excluding carboxylic acids is 1. The zero-order chi connectivity index (χ0) is 18.3. The predicted molar refractivity (Wildman–Crippen MR) is 85.9 cm³/mol. The summed E-state index contributed by atoms with van der Waals surface area (Å²) in [7, 11) is -3.59. The van der Waals surface area contributed by atoms with Crippen molar-refractivity contribution in [3.63, 3.8) is 0 Å². The smallest absolute Gasteiger partial charge is 0.301 e. The van der Waals surface area contributed by atoms with Crippen molar-refractivity contribution in [1.29, 1.82) is 0 Å². The summed E-state index contributed by atoms with van der Waals surface area (Å²) < 4.78 is 59.3. The van der Waals surface area contributed by atoms with Crippen LogP contribution in [0.1, 0.15) is 5.56 Å². The van der Waals surface area contributed by atoms with Crippen molar-refractivity contribution in [3.8, 4) is 0 Å². The Balaban J connectivity index is 2.52. The van der Waals surface area contributed by atoms with E-state index in [1.54, 1.807) is 0 Å². The topological polar surface area (TPSA) is 54.5 Å². The third-order valence-corrected chi connectivity index (χ3v) is 5.02. The van der Waals surface area contributed by atoms with Crippen LogP contribution in [0.3, 0.4) is 0 Å². The second-order valence-electron chi connectivity index (χ2n) is 4.95. The Hall–Kier alpha value is -0.960. The average Bonchev–Trinajstić information content (AvgIpc) is 2.77. The van der Waals surface area contributed by atoms with Gasteiger partial charge < -0.3 is 4.90 Å². The van der Waals surface area contributed by atoms with Crippen molar-refractivity contribution < 1.29 is 26.4 Å². The molecule has 1 heterocycles. The van der Waals surface area contributed by atoms with Crippen molar-refractivity contribution in [1.82, 2.24) is 0 Å². The van der Waals surface area contributed by atoms with Gasteiger partial charge >= 0.3 is 6.18 Å². The van der Waals surface area contributed by atoms with Gasteiger partial charge in [0.1, 0.15) is 0 Å². The molecule has 1 aliphatic heterocycles. The normalized spacial score (nSPS) is 20.2. The number of anilines is 1. The van der Waals surface area contributed by atoms with Crippen molar-refractivity contribution in [2.75, 3.05) is 10.7 Å². The van der Waals surface area contributed by atoms with E-state index >= 15 is 0 Å². The molecule has 0 N–H and O–H groups in total. The molecule has 0 saturated heterocycles. The van der Waals surface area contributed by atoms with Gasteiger partial charge in [-0.2, -0.15) is 13.2 Å². The molecule has 132 valence electrons. The third-order valence-electron chi connectivity index (χ3n) is 3.16. The summed E-state index contributed by atoms with van der Waals surface area (Å²) in [6.07, 6.45) is -3.49. The van der Waals surface area contributed by atoms with Gasteiger partial charge in [-0.25, -0.2) is 8.42 Å². The molecule has 1 aromatic carbocycles. The van der Waals surface area contributed by atoms with Crippen LogP contribution in [0.5, 0.6) is 0 Å². The lowest BCUT2D eigenvalue weighted by Crippen LogP contribution is -2.46. The molecular weight excluding hydrogens is 414 g/mol. The van der Waals surface area contributed by atoms with Gasteiger partial charge in [0.05, 0.1) is 17.4 Å². The first-order valence-corrected chi connectivity index (χ1v) is 9.15. The standard InChI is InChI=1S/C13H9Cl3F3NO3S/c14-12(15,16)11(21)20(10-4-5-24(22,23)7-10)9-3-1-2-8(6-9)13(17,18)19/h1-6,10H,7H2. The fraction of sp³-hybridized carbons (Fsp3) is 0.308. The van der Waals surface area contributed by atoms with Gasteiger partial charge in [-0.3, -0.25) is 4.79 Å². The lowest BCUT2D eigenvalue weighted by Gasteiger charge is -2.30. The minimum Gasteiger partial charge on any atom is -0.301 e. The van der Waals surface area contributed by atoms with Gasteiger partial charge in [-0.15, -0.1) is 0 Å². The van der Waals surface area contributed by atoms with E-state index in [0.717, 1.165) is 28.5 Å². The second-order valence-corrected chi connectivity index (χ2v) is 9.16. The van der Waals surface area contributed by atoms with Gasteiger partial charge in [0.15, 0.2) is 9.84 Å². The first-order valence-electron chi connectivity index (χ1n) is 6.30. The third kappa shape index (κ3) is 4.36. The quantitative estimate of drug-likeness (QED) is 0.683. The Labute approximate surface area is 150 Å². The maximum absolute atomic E-state index is 12.9. The molecule has 0 saturated carbocycles. The fourth-order valence-electron chi connectivity index (χ4n) is 2.15. The van der Waals surface area contributed by atoms with E-state index in [4.69, 9.17) is 34.8 Å².